The van der Waals surface area contributed by atoms with Crippen LogP contribution in [0.2, 0.25) is 0 Å². The fourth-order valence-electron chi connectivity index (χ4n) is 3.80. The molecule has 1 heterocycles. The van der Waals surface area contributed by atoms with Crippen molar-refractivity contribution >= 4 is 16.6 Å². The number of nitrogens with one attached hydrogen (secondary N) is 1. The largest absolute Gasteiger partial charge is 0.380 e. The zero-order valence-electron chi connectivity index (χ0n) is 18.7. The predicted molar refractivity (Wildman–Crippen MR) is 131 cm³/mol. The van der Waals surface area contributed by atoms with Gasteiger partial charge in [0, 0.05) is 61.2 Å². The van der Waals surface area contributed by atoms with Crippen molar-refractivity contribution in [1.82, 2.24) is 9.47 Å². The molecule has 1 aliphatic carbocycles. The Kier molecular flexibility index (Phi) is 6.83. The summed E-state index contributed by atoms with van der Waals surface area (Å²) in [4.78, 5) is 2.18. The molecular formula is C27H33N3. The summed E-state index contributed by atoms with van der Waals surface area (Å²) in [5, 5.41) is 4.81. The van der Waals surface area contributed by atoms with Crippen molar-refractivity contribution in [3.63, 3.8) is 0 Å². The lowest BCUT2D eigenvalue weighted by Gasteiger charge is -2.27. The molecule has 0 bridgehead atoms. The third-order valence-electron chi connectivity index (χ3n) is 5.62. The number of aromatic nitrogens is 1. The Morgan fingerprint density at radius 1 is 1.27 bits per heavy atom. The molecule has 0 saturated carbocycles. The van der Waals surface area contributed by atoms with Gasteiger partial charge in [0.2, 0.25) is 0 Å². The van der Waals surface area contributed by atoms with Crippen LogP contribution in [0.25, 0.3) is 10.9 Å². The van der Waals surface area contributed by atoms with E-state index in [1.807, 2.05) is 6.08 Å². The van der Waals surface area contributed by atoms with Crippen LogP contribution in [0, 0.1) is 5.92 Å². The molecule has 1 unspecified atom stereocenters. The van der Waals surface area contributed by atoms with Gasteiger partial charge in [-0.1, -0.05) is 44.4 Å². The third kappa shape index (κ3) is 4.51. The first-order valence-corrected chi connectivity index (χ1v) is 10.6. The molecule has 30 heavy (non-hydrogen) atoms. The van der Waals surface area contributed by atoms with Crippen LogP contribution in [-0.4, -0.2) is 23.1 Å². The van der Waals surface area contributed by atoms with Crippen LogP contribution >= 0.6 is 0 Å². The second-order valence-corrected chi connectivity index (χ2v) is 7.72. The van der Waals surface area contributed by atoms with Gasteiger partial charge in [0.1, 0.15) is 0 Å². The highest BCUT2D eigenvalue weighted by Gasteiger charge is 2.22. The fourth-order valence-corrected chi connectivity index (χ4v) is 3.80. The molecule has 156 valence electrons. The van der Waals surface area contributed by atoms with Crippen molar-refractivity contribution in [2.75, 3.05) is 18.9 Å². The summed E-state index contributed by atoms with van der Waals surface area (Å²) in [5.74, 6) is 0.118. The van der Waals surface area contributed by atoms with Gasteiger partial charge >= 0.3 is 0 Å². The molecule has 2 aromatic rings. The first kappa shape index (κ1) is 21.5. The van der Waals surface area contributed by atoms with E-state index in [4.69, 9.17) is 0 Å². The number of allylic oxidation sites excluding steroid dienone is 8. The van der Waals surface area contributed by atoms with Crippen molar-refractivity contribution in [2.24, 2.45) is 13.0 Å². The monoisotopic (exact) mass is 399 g/mol. The van der Waals surface area contributed by atoms with E-state index in [0.717, 1.165) is 35.5 Å². The zero-order chi connectivity index (χ0) is 21.7. The Morgan fingerprint density at radius 2 is 2.07 bits per heavy atom. The minimum absolute atomic E-state index is 0.118. The standard InChI is InChI=1S/C27H33N3/c1-7-11-25(21(8-2)19-29(5)9-3)24-12-10-13-26(20(24)4)28-23-14-15-27-22(18-23)16-17-30(27)6/h8,10-19,24,28H,2,4,7,9H2,1,3,5-6H3/b21-19+,25-11-. The summed E-state index contributed by atoms with van der Waals surface area (Å²) in [6.07, 6.45) is 15.9. The highest BCUT2D eigenvalue weighted by atomic mass is 15.1. The van der Waals surface area contributed by atoms with Crippen LogP contribution in [0.1, 0.15) is 20.3 Å². The van der Waals surface area contributed by atoms with Gasteiger partial charge in [-0.3, -0.25) is 0 Å². The highest BCUT2D eigenvalue weighted by molar-refractivity contribution is 5.84. The number of hydrogen-bond acceptors (Lipinski definition) is 2. The SMILES string of the molecule is C=CC(=C\N(C)CC)/C(=C/CC)C1C=CC=C(Nc2ccc3c(ccn3C)c2)C1=C. The van der Waals surface area contributed by atoms with E-state index < -0.39 is 0 Å². The molecule has 1 aromatic heterocycles. The number of nitrogens with zero attached hydrogens (tertiary/aromatic N) is 2. The second kappa shape index (κ2) is 9.53. The molecule has 3 nitrogen and oxygen atoms in total. The van der Waals surface area contributed by atoms with Crippen molar-refractivity contribution in [2.45, 2.75) is 20.3 Å². The van der Waals surface area contributed by atoms with Crippen LogP contribution in [0.4, 0.5) is 5.69 Å². The van der Waals surface area contributed by atoms with Crippen LogP contribution in [0.15, 0.2) is 103 Å². The quantitative estimate of drug-likeness (QED) is 0.506. The van der Waals surface area contributed by atoms with Crippen LogP contribution in [-0.2, 0) is 7.05 Å². The Hall–Kier alpha value is -3.20. The fraction of sp³-hybridized carbons (Fsp3) is 0.259. The summed E-state index contributed by atoms with van der Waals surface area (Å²) in [6, 6.07) is 8.60. The van der Waals surface area contributed by atoms with Gasteiger partial charge in [0.15, 0.2) is 0 Å². The Bertz CT molecular complexity index is 1060. The highest BCUT2D eigenvalue weighted by Crippen LogP contribution is 2.35. The maximum atomic E-state index is 4.46. The van der Waals surface area contributed by atoms with Gasteiger partial charge in [-0.05, 0) is 60.4 Å². The molecule has 1 aromatic carbocycles. The smallest absolute Gasteiger partial charge is 0.0479 e. The average molecular weight is 400 g/mol. The maximum Gasteiger partial charge on any atom is 0.0479 e. The molecule has 0 amide bonds. The molecule has 0 saturated heterocycles. The molecule has 1 atom stereocenters. The van der Waals surface area contributed by atoms with Gasteiger partial charge in [0.05, 0.1) is 0 Å². The van der Waals surface area contributed by atoms with Crippen molar-refractivity contribution in [1.29, 1.82) is 0 Å². The molecule has 1 N–H and O–H groups in total. The first-order chi connectivity index (χ1) is 14.5. The van der Waals surface area contributed by atoms with E-state index >= 15 is 0 Å². The van der Waals surface area contributed by atoms with Crippen molar-refractivity contribution in [3.8, 4) is 0 Å². The van der Waals surface area contributed by atoms with Crippen LogP contribution in [0.5, 0.6) is 0 Å². The van der Waals surface area contributed by atoms with Gasteiger partial charge in [0.25, 0.3) is 0 Å². The second-order valence-electron chi connectivity index (χ2n) is 7.72. The zero-order valence-corrected chi connectivity index (χ0v) is 18.7. The number of aryl methyl sites for hydroxylation is 1. The van der Waals surface area contributed by atoms with Gasteiger partial charge in [-0.25, -0.2) is 0 Å². The third-order valence-corrected chi connectivity index (χ3v) is 5.62. The molecular weight excluding hydrogens is 366 g/mol. The molecule has 3 rings (SSSR count). The lowest BCUT2D eigenvalue weighted by atomic mass is 9.82. The van der Waals surface area contributed by atoms with Gasteiger partial charge < -0.3 is 14.8 Å². The summed E-state index contributed by atoms with van der Waals surface area (Å²) in [6.45, 7) is 13.8. The first-order valence-electron chi connectivity index (χ1n) is 10.6. The average Bonchev–Trinajstić information content (AvgIpc) is 3.12. The summed E-state index contributed by atoms with van der Waals surface area (Å²) < 4.78 is 2.13. The van der Waals surface area contributed by atoms with E-state index in [0.29, 0.717) is 0 Å². The molecule has 0 aliphatic heterocycles. The van der Waals surface area contributed by atoms with Gasteiger partial charge in [-0.2, -0.15) is 0 Å². The molecule has 0 radical (unpaired) electrons. The van der Waals surface area contributed by atoms with E-state index in [1.165, 1.54) is 16.5 Å². The van der Waals surface area contributed by atoms with E-state index in [-0.39, 0.29) is 5.92 Å². The van der Waals surface area contributed by atoms with E-state index in [1.54, 1.807) is 0 Å². The predicted octanol–water partition coefficient (Wildman–Crippen LogP) is 6.57. The minimum Gasteiger partial charge on any atom is -0.380 e. The minimum atomic E-state index is 0.118. The van der Waals surface area contributed by atoms with Gasteiger partial charge in [-0.15, -0.1) is 0 Å². The van der Waals surface area contributed by atoms with E-state index in [9.17, 15) is 0 Å². The van der Waals surface area contributed by atoms with Crippen LogP contribution < -0.4 is 5.32 Å². The normalized spacial score (nSPS) is 17.3. The summed E-state index contributed by atoms with van der Waals surface area (Å²) >= 11 is 0. The van der Waals surface area contributed by atoms with Crippen molar-refractivity contribution in [3.05, 3.63) is 103 Å². The topological polar surface area (TPSA) is 20.2 Å². The van der Waals surface area contributed by atoms with E-state index in [2.05, 4.69) is 117 Å². The number of hydrogen-bond donors (Lipinski definition) is 1. The Morgan fingerprint density at radius 3 is 2.77 bits per heavy atom. The Balaban J connectivity index is 1.87. The lowest BCUT2D eigenvalue weighted by molar-refractivity contribution is 0.481. The number of anilines is 1. The number of benzene rings is 1. The Labute approximate surface area is 181 Å². The summed E-state index contributed by atoms with van der Waals surface area (Å²) in [7, 11) is 4.16. The molecule has 0 spiro atoms. The maximum absolute atomic E-state index is 4.46. The molecule has 1 aliphatic rings. The lowest BCUT2D eigenvalue weighted by Crippen LogP contribution is -2.17. The molecule has 3 heteroatoms. The van der Waals surface area contributed by atoms with Crippen LogP contribution in [0.3, 0.4) is 0 Å². The van der Waals surface area contributed by atoms with Crippen molar-refractivity contribution < 1.29 is 0 Å². The number of rotatable bonds is 8. The number of fused-ring (bicyclic) bond motifs is 1. The molecule has 0 fully saturated rings. The summed E-state index contributed by atoms with van der Waals surface area (Å²) in [5.41, 5.74) is 6.80.